The normalized spacial score (nSPS) is 17.4. The molecule has 1 aromatic carbocycles. The van der Waals surface area contributed by atoms with Gasteiger partial charge in [0.05, 0.1) is 13.2 Å². The maximum absolute atomic E-state index is 12.5. The van der Waals surface area contributed by atoms with Gasteiger partial charge in [-0.15, -0.1) is 0 Å². The van der Waals surface area contributed by atoms with Crippen LogP contribution in [0.1, 0.15) is 36.8 Å². The lowest BCUT2D eigenvalue weighted by molar-refractivity contribution is -0.123. The number of hydrogen-bond donors (Lipinski definition) is 0. The number of carbonyl (C=O) groups is 1. The predicted octanol–water partition coefficient (Wildman–Crippen LogP) is 3.23. The molecule has 3 heteroatoms. The van der Waals surface area contributed by atoms with E-state index in [4.69, 9.17) is 4.74 Å². The van der Waals surface area contributed by atoms with Crippen molar-refractivity contribution in [1.82, 2.24) is 0 Å². The molecule has 0 spiro atoms. The van der Waals surface area contributed by atoms with Crippen molar-refractivity contribution in [3.8, 4) is 11.8 Å². The van der Waals surface area contributed by atoms with Crippen LogP contribution in [0.3, 0.4) is 0 Å². The summed E-state index contributed by atoms with van der Waals surface area (Å²) >= 11 is 0. The topological polar surface area (TPSA) is 50.1 Å². The molecular weight excluding hydrogens is 238 g/mol. The highest BCUT2D eigenvalue weighted by Crippen LogP contribution is 2.40. The number of Topliss-reactive ketones (excluding diaryl/α,β-unsaturated/α-hetero) is 1. The molecule has 0 radical (unpaired) electrons. The van der Waals surface area contributed by atoms with E-state index in [2.05, 4.69) is 6.07 Å². The van der Waals surface area contributed by atoms with Crippen LogP contribution in [0.15, 0.2) is 18.2 Å². The van der Waals surface area contributed by atoms with Gasteiger partial charge in [-0.1, -0.05) is 24.6 Å². The molecule has 19 heavy (non-hydrogen) atoms. The standard InChI is InChI=1S/C16H19NO2/c1-10-4-7-15(19-3)13(8-10)14(9-17)16(18)11(2)12-5-6-12/h4,7-8,11-12,14H,5-6H2,1-3H3. The van der Waals surface area contributed by atoms with Crippen LogP contribution in [0.25, 0.3) is 0 Å². The summed E-state index contributed by atoms with van der Waals surface area (Å²) in [5, 5.41) is 9.39. The summed E-state index contributed by atoms with van der Waals surface area (Å²) in [5.74, 6) is 0.363. The molecule has 0 N–H and O–H groups in total. The molecule has 2 rings (SSSR count). The lowest BCUT2D eigenvalue weighted by Gasteiger charge is -2.17. The zero-order valence-corrected chi connectivity index (χ0v) is 11.6. The van der Waals surface area contributed by atoms with Crippen molar-refractivity contribution < 1.29 is 9.53 Å². The highest BCUT2D eigenvalue weighted by Gasteiger charge is 2.37. The highest BCUT2D eigenvalue weighted by atomic mass is 16.5. The average molecular weight is 257 g/mol. The maximum Gasteiger partial charge on any atom is 0.157 e. The zero-order chi connectivity index (χ0) is 14.0. The fourth-order valence-corrected chi connectivity index (χ4v) is 2.46. The van der Waals surface area contributed by atoms with Gasteiger partial charge in [-0.3, -0.25) is 4.79 Å². The van der Waals surface area contributed by atoms with Crippen molar-refractivity contribution in [2.24, 2.45) is 11.8 Å². The van der Waals surface area contributed by atoms with Gasteiger partial charge in [-0.25, -0.2) is 0 Å². The molecule has 2 unspecified atom stereocenters. The van der Waals surface area contributed by atoms with Crippen molar-refractivity contribution in [2.75, 3.05) is 7.11 Å². The molecule has 1 aromatic rings. The number of nitriles is 1. The van der Waals surface area contributed by atoms with Gasteiger partial charge in [0, 0.05) is 11.5 Å². The van der Waals surface area contributed by atoms with E-state index < -0.39 is 5.92 Å². The summed E-state index contributed by atoms with van der Waals surface area (Å²) in [5.41, 5.74) is 1.73. The van der Waals surface area contributed by atoms with Crippen molar-refractivity contribution in [1.29, 1.82) is 5.26 Å². The lowest BCUT2D eigenvalue weighted by Crippen LogP contribution is -2.21. The van der Waals surface area contributed by atoms with E-state index in [0.717, 1.165) is 18.4 Å². The third-order valence-corrected chi connectivity index (χ3v) is 3.89. The fourth-order valence-electron chi connectivity index (χ4n) is 2.46. The first kappa shape index (κ1) is 13.6. The Bertz CT molecular complexity index is 526. The van der Waals surface area contributed by atoms with E-state index in [9.17, 15) is 10.1 Å². The van der Waals surface area contributed by atoms with Crippen molar-refractivity contribution >= 4 is 5.78 Å². The molecule has 0 aliphatic heterocycles. The third-order valence-electron chi connectivity index (χ3n) is 3.89. The molecule has 0 heterocycles. The van der Waals surface area contributed by atoms with Gasteiger partial charge in [0.2, 0.25) is 0 Å². The number of methoxy groups -OCH3 is 1. The Kier molecular flexibility index (Phi) is 3.90. The Labute approximate surface area is 114 Å². The van der Waals surface area contributed by atoms with E-state index in [1.54, 1.807) is 7.11 Å². The molecule has 3 nitrogen and oxygen atoms in total. The smallest absolute Gasteiger partial charge is 0.157 e. The molecule has 1 saturated carbocycles. The summed E-state index contributed by atoms with van der Waals surface area (Å²) in [7, 11) is 1.57. The summed E-state index contributed by atoms with van der Waals surface area (Å²) in [4.78, 5) is 12.5. The Morgan fingerprint density at radius 3 is 2.68 bits per heavy atom. The Morgan fingerprint density at radius 1 is 1.47 bits per heavy atom. The van der Waals surface area contributed by atoms with Crippen LogP contribution in [0, 0.1) is 30.1 Å². The SMILES string of the molecule is COc1ccc(C)cc1C(C#N)C(=O)C(C)C1CC1. The minimum atomic E-state index is -0.717. The Hall–Kier alpha value is -1.82. The largest absolute Gasteiger partial charge is 0.496 e. The maximum atomic E-state index is 12.5. The molecule has 0 amide bonds. The molecule has 0 saturated heterocycles. The van der Waals surface area contributed by atoms with Crippen molar-refractivity contribution in [3.05, 3.63) is 29.3 Å². The first-order valence-electron chi connectivity index (χ1n) is 6.66. The van der Waals surface area contributed by atoms with Gasteiger partial charge in [0.1, 0.15) is 11.7 Å². The number of aryl methyl sites for hydroxylation is 1. The van der Waals surface area contributed by atoms with Gasteiger partial charge >= 0.3 is 0 Å². The van der Waals surface area contributed by atoms with Crippen LogP contribution in [-0.4, -0.2) is 12.9 Å². The second-order valence-corrected chi connectivity index (χ2v) is 5.34. The van der Waals surface area contributed by atoms with E-state index in [0.29, 0.717) is 17.2 Å². The van der Waals surface area contributed by atoms with Gasteiger partial charge in [0.15, 0.2) is 5.78 Å². The summed E-state index contributed by atoms with van der Waals surface area (Å²) in [6.45, 7) is 3.89. The predicted molar refractivity (Wildman–Crippen MR) is 73.0 cm³/mol. The van der Waals surface area contributed by atoms with Crippen LogP contribution in [0.2, 0.25) is 0 Å². The molecule has 2 atom stereocenters. The molecule has 1 fully saturated rings. The number of benzene rings is 1. The van der Waals surface area contributed by atoms with E-state index in [-0.39, 0.29) is 11.7 Å². The van der Waals surface area contributed by atoms with E-state index in [1.165, 1.54) is 0 Å². The van der Waals surface area contributed by atoms with Gasteiger partial charge in [0.25, 0.3) is 0 Å². The number of nitrogens with zero attached hydrogens (tertiary/aromatic N) is 1. The fraction of sp³-hybridized carbons (Fsp3) is 0.500. The first-order valence-corrected chi connectivity index (χ1v) is 6.66. The summed E-state index contributed by atoms with van der Waals surface area (Å²) < 4.78 is 5.29. The summed E-state index contributed by atoms with van der Waals surface area (Å²) in [6, 6.07) is 7.78. The Morgan fingerprint density at radius 2 is 2.16 bits per heavy atom. The number of rotatable bonds is 5. The van der Waals surface area contributed by atoms with Crippen LogP contribution in [0.5, 0.6) is 5.75 Å². The molecule has 0 bridgehead atoms. The second kappa shape index (κ2) is 5.44. The summed E-state index contributed by atoms with van der Waals surface area (Å²) in [6.07, 6.45) is 2.21. The highest BCUT2D eigenvalue weighted by molar-refractivity contribution is 5.91. The molecule has 100 valence electrons. The zero-order valence-electron chi connectivity index (χ0n) is 11.6. The molecule has 1 aliphatic rings. The van der Waals surface area contributed by atoms with Crippen molar-refractivity contribution in [3.63, 3.8) is 0 Å². The average Bonchev–Trinajstić information content (AvgIpc) is 3.23. The van der Waals surface area contributed by atoms with Gasteiger partial charge in [-0.05, 0) is 31.7 Å². The quantitative estimate of drug-likeness (QED) is 0.813. The van der Waals surface area contributed by atoms with Crippen molar-refractivity contribution in [2.45, 2.75) is 32.6 Å². The third kappa shape index (κ3) is 2.78. The second-order valence-electron chi connectivity index (χ2n) is 5.34. The van der Waals surface area contributed by atoms with Gasteiger partial charge < -0.3 is 4.74 Å². The lowest BCUT2D eigenvalue weighted by atomic mass is 9.86. The molecular formula is C16H19NO2. The number of hydrogen-bond acceptors (Lipinski definition) is 3. The minimum absolute atomic E-state index is 0.0221. The van der Waals surface area contributed by atoms with E-state index >= 15 is 0 Å². The van der Waals surface area contributed by atoms with Gasteiger partial charge in [-0.2, -0.15) is 5.26 Å². The van der Waals surface area contributed by atoms with Crippen LogP contribution >= 0.6 is 0 Å². The van der Waals surface area contributed by atoms with Crippen LogP contribution in [-0.2, 0) is 4.79 Å². The molecule has 0 aromatic heterocycles. The Balaban J connectivity index is 2.33. The number of ether oxygens (including phenoxy) is 1. The van der Waals surface area contributed by atoms with Crippen LogP contribution < -0.4 is 4.74 Å². The van der Waals surface area contributed by atoms with E-state index in [1.807, 2.05) is 32.0 Å². The van der Waals surface area contributed by atoms with Crippen LogP contribution in [0.4, 0.5) is 0 Å². The monoisotopic (exact) mass is 257 g/mol. The molecule has 1 aliphatic carbocycles. The number of ketones is 1. The first-order chi connectivity index (χ1) is 9.08. The minimum Gasteiger partial charge on any atom is -0.496 e. The number of carbonyl (C=O) groups excluding carboxylic acids is 1.